The molecule has 0 aliphatic carbocycles. The summed E-state index contributed by atoms with van der Waals surface area (Å²) in [6, 6.07) is 2.31. The molecule has 14 heavy (non-hydrogen) atoms. The highest BCUT2D eigenvalue weighted by atomic mass is 35.5. The Kier molecular flexibility index (Phi) is 3.57. The fourth-order valence-corrected chi connectivity index (χ4v) is 1.35. The van der Waals surface area contributed by atoms with E-state index in [9.17, 15) is 5.11 Å². The van der Waals surface area contributed by atoms with Crippen LogP contribution in [0.5, 0.6) is 11.5 Å². The molecule has 0 saturated heterocycles. The number of benzene rings is 1. The lowest BCUT2D eigenvalue weighted by Gasteiger charge is -2.13. The second-order valence-corrected chi connectivity index (χ2v) is 3.27. The lowest BCUT2D eigenvalue weighted by molar-refractivity contribution is 0.264. The Labute approximate surface area is 86.9 Å². The van der Waals surface area contributed by atoms with Crippen molar-refractivity contribution in [2.75, 3.05) is 13.7 Å². The van der Waals surface area contributed by atoms with Gasteiger partial charge in [-0.05, 0) is 6.07 Å². The Bertz CT molecular complexity index is 330. The molecule has 0 aliphatic heterocycles. The van der Waals surface area contributed by atoms with E-state index in [1.165, 1.54) is 19.2 Å². The largest absolute Gasteiger partial charge is 0.504 e. The van der Waals surface area contributed by atoms with Crippen LogP contribution in [0, 0.1) is 0 Å². The molecule has 0 fully saturated rings. The highest BCUT2D eigenvalue weighted by Gasteiger charge is 2.15. The lowest BCUT2D eigenvalue weighted by atomic mass is 10.1. The Morgan fingerprint density at radius 3 is 2.71 bits per heavy atom. The first-order valence-corrected chi connectivity index (χ1v) is 4.40. The standard InChI is InChI=1S/C9H12ClNO3/c1-14-8-3-5(10)2-6(9(8)13)7(11)4-12/h2-3,7,12-13H,4,11H2,1H3/t7-/m1/s1. The molecule has 0 radical (unpaired) electrons. The number of aromatic hydroxyl groups is 1. The minimum absolute atomic E-state index is 0.0848. The van der Waals surface area contributed by atoms with Crippen molar-refractivity contribution in [2.45, 2.75) is 6.04 Å². The fourth-order valence-electron chi connectivity index (χ4n) is 1.13. The van der Waals surface area contributed by atoms with Gasteiger partial charge in [-0.2, -0.15) is 0 Å². The van der Waals surface area contributed by atoms with Gasteiger partial charge in [0.1, 0.15) is 0 Å². The highest BCUT2D eigenvalue weighted by Crippen LogP contribution is 2.35. The quantitative estimate of drug-likeness (QED) is 0.707. The van der Waals surface area contributed by atoms with Crippen molar-refractivity contribution in [1.29, 1.82) is 0 Å². The summed E-state index contributed by atoms with van der Waals surface area (Å²) >= 11 is 5.77. The van der Waals surface area contributed by atoms with Gasteiger partial charge in [-0.1, -0.05) is 11.6 Å². The maximum atomic E-state index is 9.64. The number of nitrogens with two attached hydrogens (primary N) is 1. The number of phenolic OH excluding ortho intramolecular Hbond substituents is 1. The van der Waals surface area contributed by atoms with Crippen LogP contribution in [0.25, 0.3) is 0 Å². The molecule has 0 amide bonds. The molecule has 0 bridgehead atoms. The monoisotopic (exact) mass is 217 g/mol. The predicted octanol–water partition coefficient (Wildman–Crippen LogP) is 1.05. The molecule has 0 spiro atoms. The third kappa shape index (κ3) is 2.09. The fraction of sp³-hybridized carbons (Fsp3) is 0.333. The molecular weight excluding hydrogens is 206 g/mol. The van der Waals surface area contributed by atoms with Crippen LogP contribution < -0.4 is 10.5 Å². The number of hydrogen-bond donors (Lipinski definition) is 3. The molecule has 5 heteroatoms. The van der Waals surface area contributed by atoms with Crippen molar-refractivity contribution in [3.63, 3.8) is 0 Å². The van der Waals surface area contributed by atoms with E-state index >= 15 is 0 Å². The molecule has 1 aromatic carbocycles. The van der Waals surface area contributed by atoms with Crippen molar-refractivity contribution in [1.82, 2.24) is 0 Å². The molecule has 0 aromatic heterocycles. The van der Waals surface area contributed by atoms with Crippen molar-refractivity contribution < 1.29 is 14.9 Å². The zero-order valence-corrected chi connectivity index (χ0v) is 8.45. The van der Waals surface area contributed by atoms with Gasteiger partial charge in [0.25, 0.3) is 0 Å². The van der Waals surface area contributed by atoms with Crippen LogP contribution in [0.15, 0.2) is 12.1 Å². The summed E-state index contributed by atoms with van der Waals surface area (Å²) in [7, 11) is 1.42. The van der Waals surface area contributed by atoms with Crippen molar-refractivity contribution in [3.05, 3.63) is 22.7 Å². The number of halogens is 1. The van der Waals surface area contributed by atoms with Gasteiger partial charge >= 0.3 is 0 Å². The molecule has 0 heterocycles. The number of ether oxygens (including phenoxy) is 1. The van der Waals surface area contributed by atoms with E-state index in [2.05, 4.69) is 0 Å². The summed E-state index contributed by atoms with van der Waals surface area (Å²) in [5, 5.41) is 18.9. The molecular formula is C9H12ClNO3. The molecule has 1 atom stereocenters. The molecule has 0 aliphatic rings. The number of methoxy groups -OCH3 is 1. The van der Waals surface area contributed by atoms with Gasteiger partial charge in [-0.3, -0.25) is 0 Å². The second kappa shape index (κ2) is 4.50. The summed E-state index contributed by atoms with van der Waals surface area (Å²) in [6.07, 6.45) is 0. The Morgan fingerprint density at radius 1 is 1.57 bits per heavy atom. The smallest absolute Gasteiger partial charge is 0.162 e. The highest BCUT2D eigenvalue weighted by molar-refractivity contribution is 6.30. The third-order valence-electron chi connectivity index (χ3n) is 1.89. The van der Waals surface area contributed by atoms with Crippen LogP contribution in [0.4, 0.5) is 0 Å². The topological polar surface area (TPSA) is 75.7 Å². The summed E-state index contributed by atoms with van der Waals surface area (Å²) in [5.41, 5.74) is 5.94. The van der Waals surface area contributed by atoms with Crippen LogP contribution in [0.2, 0.25) is 5.02 Å². The predicted molar refractivity (Wildman–Crippen MR) is 53.7 cm³/mol. The van der Waals surface area contributed by atoms with E-state index in [4.69, 9.17) is 27.2 Å². The minimum atomic E-state index is -0.664. The van der Waals surface area contributed by atoms with Crippen LogP contribution >= 0.6 is 11.6 Å². The number of aliphatic hydroxyl groups excluding tert-OH is 1. The van der Waals surface area contributed by atoms with E-state index in [0.29, 0.717) is 10.6 Å². The van der Waals surface area contributed by atoms with Gasteiger partial charge in [0, 0.05) is 16.7 Å². The maximum Gasteiger partial charge on any atom is 0.162 e. The first-order valence-electron chi connectivity index (χ1n) is 4.03. The molecule has 1 rings (SSSR count). The van der Waals surface area contributed by atoms with E-state index in [0.717, 1.165) is 0 Å². The Hall–Kier alpha value is -0.970. The molecule has 4 nitrogen and oxygen atoms in total. The number of phenols is 1. The maximum absolute atomic E-state index is 9.64. The number of aliphatic hydroxyl groups is 1. The third-order valence-corrected chi connectivity index (χ3v) is 2.10. The van der Waals surface area contributed by atoms with Crippen LogP contribution in [-0.2, 0) is 0 Å². The SMILES string of the molecule is COc1cc(Cl)cc([C@H](N)CO)c1O. The first kappa shape index (κ1) is 11.1. The van der Waals surface area contributed by atoms with Crippen LogP contribution in [-0.4, -0.2) is 23.9 Å². The summed E-state index contributed by atoms with van der Waals surface area (Å²) in [5.74, 6) is 0.162. The van der Waals surface area contributed by atoms with Crippen LogP contribution in [0.1, 0.15) is 11.6 Å². The van der Waals surface area contributed by atoms with E-state index in [1.54, 1.807) is 0 Å². The van der Waals surface area contributed by atoms with E-state index in [1.807, 2.05) is 0 Å². The van der Waals surface area contributed by atoms with Gasteiger partial charge in [0.2, 0.25) is 0 Å². The summed E-state index contributed by atoms with van der Waals surface area (Å²) < 4.78 is 4.89. The van der Waals surface area contributed by atoms with Gasteiger partial charge in [-0.25, -0.2) is 0 Å². The normalized spacial score (nSPS) is 12.6. The summed E-state index contributed by atoms with van der Waals surface area (Å²) in [6.45, 7) is -0.267. The average molecular weight is 218 g/mol. The van der Waals surface area contributed by atoms with Gasteiger partial charge in [0.15, 0.2) is 11.5 Å². The van der Waals surface area contributed by atoms with Crippen molar-refractivity contribution >= 4 is 11.6 Å². The van der Waals surface area contributed by atoms with Gasteiger partial charge in [0.05, 0.1) is 19.8 Å². The zero-order chi connectivity index (χ0) is 10.7. The molecule has 0 saturated carbocycles. The molecule has 0 unspecified atom stereocenters. The Balaban J connectivity index is 3.21. The minimum Gasteiger partial charge on any atom is -0.504 e. The van der Waals surface area contributed by atoms with Crippen molar-refractivity contribution in [3.8, 4) is 11.5 Å². The number of hydrogen-bond acceptors (Lipinski definition) is 4. The van der Waals surface area contributed by atoms with Crippen LogP contribution in [0.3, 0.4) is 0 Å². The lowest BCUT2D eigenvalue weighted by Crippen LogP contribution is -2.14. The first-order chi connectivity index (χ1) is 6.60. The Morgan fingerprint density at radius 2 is 2.21 bits per heavy atom. The number of rotatable bonds is 3. The molecule has 4 N–H and O–H groups in total. The second-order valence-electron chi connectivity index (χ2n) is 2.83. The zero-order valence-electron chi connectivity index (χ0n) is 7.70. The summed E-state index contributed by atoms with van der Waals surface area (Å²) in [4.78, 5) is 0. The van der Waals surface area contributed by atoms with Gasteiger partial charge in [-0.15, -0.1) is 0 Å². The average Bonchev–Trinajstić information content (AvgIpc) is 2.19. The van der Waals surface area contributed by atoms with E-state index in [-0.39, 0.29) is 18.1 Å². The van der Waals surface area contributed by atoms with Gasteiger partial charge < -0.3 is 20.7 Å². The molecule has 78 valence electrons. The van der Waals surface area contributed by atoms with E-state index < -0.39 is 6.04 Å². The van der Waals surface area contributed by atoms with Crippen molar-refractivity contribution in [2.24, 2.45) is 5.73 Å². The molecule has 1 aromatic rings.